The van der Waals surface area contributed by atoms with Gasteiger partial charge in [-0.15, -0.1) is 0 Å². The summed E-state index contributed by atoms with van der Waals surface area (Å²) in [5, 5.41) is 7.43. The van der Waals surface area contributed by atoms with Crippen molar-refractivity contribution in [3.63, 3.8) is 0 Å². The molecule has 0 aliphatic carbocycles. The van der Waals surface area contributed by atoms with Crippen molar-refractivity contribution in [2.75, 3.05) is 5.32 Å². The minimum Gasteiger partial charge on any atom is -0.368 e. The van der Waals surface area contributed by atoms with Gasteiger partial charge < -0.3 is 11.1 Å². The van der Waals surface area contributed by atoms with Crippen molar-refractivity contribution in [3.8, 4) is 0 Å². The standard InChI is InChI=1S/C10H18N4O/c1-7(2)8(3)12-10-4-5-14(13-10)6-9(11)15/h4-5,7-8H,6H2,1-3H3,(H2,11,15)(H,12,13). The van der Waals surface area contributed by atoms with Crippen molar-refractivity contribution in [2.24, 2.45) is 11.7 Å². The lowest BCUT2D eigenvalue weighted by Crippen LogP contribution is -2.22. The van der Waals surface area contributed by atoms with Gasteiger partial charge in [-0.2, -0.15) is 5.10 Å². The van der Waals surface area contributed by atoms with Crippen molar-refractivity contribution in [2.45, 2.75) is 33.4 Å². The van der Waals surface area contributed by atoms with Gasteiger partial charge in [0.1, 0.15) is 12.4 Å². The molecular formula is C10H18N4O. The number of carbonyl (C=O) groups is 1. The minimum absolute atomic E-state index is 0.123. The molecule has 0 saturated carbocycles. The highest BCUT2D eigenvalue weighted by molar-refractivity contribution is 5.73. The van der Waals surface area contributed by atoms with Crippen molar-refractivity contribution in [1.82, 2.24) is 9.78 Å². The zero-order valence-corrected chi connectivity index (χ0v) is 9.40. The van der Waals surface area contributed by atoms with Gasteiger partial charge in [0.2, 0.25) is 5.91 Å². The SMILES string of the molecule is CC(C)C(C)Nc1ccn(CC(N)=O)n1. The van der Waals surface area contributed by atoms with E-state index in [1.807, 2.05) is 6.07 Å². The van der Waals surface area contributed by atoms with Crippen molar-refractivity contribution < 1.29 is 4.79 Å². The molecule has 1 atom stereocenters. The van der Waals surface area contributed by atoms with E-state index < -0.39 is 0 Å². The van der Waals surface area contributed by atoms with E-state index in [-0.39, 0.29) is 12.5 Å². The summed E-state index contributed by atoms with van der Waals surface area (Å²) in [5.74, 6) is 0.922. The van der Waals surface area contributed by atoms with Crippen LogP contribution < -0.4 is 11.1 Å². The molecule has 5 nitrogen and oxygen atoms in total. The van der Waals surface area contributed by atoms with Crippen LogP contribution in [0.3, 0.4) is 0 Å². The number of nitrogens with zero attached hydrogens (tertiary/aromatic N) is 2. The lowest BCUT2D eigenvalue weighted by Gasteiger charge is -2.16. The molecule has 0 aliphatic heterocycles. The summed E-state index contributed by atoms with van der Waals surface area (Å²) < 4.78 is 1.53. The van der Waals surface area contributed by atoms with E-state index in [0.717, 1.165) is 5.82 Å². The van der Waals surface area contributed by atoms with Crippen molar-refractivity contribution >= 4 is 11.7 Å². The number of amides is 1. The number of hydrogen-bond acceptors (Lipinski definition) is 3. The van der Waals surface area contributed by atoms with E-state index in [1.54, 1.807) is 6.20 Å². The van der Waals surface area contributed by atoms with Crippen LogP contribution >= 0.6 is 0 Å². The van der Waals surface area contributed by atoms with Crippen LogP contribution in [-0.4, -0.2) is 21.7 Å². The van der Waals surface area contributed by atoms with Gasteiger partial charge >= 0.3 is 0 Å². The summed E-state index contributed by atoms with van der Waals surface area (Å²) in [5.41, 5.74) is 5.06. The highest BCUT2D eigenvalue weighted by Gasteiger charge is 2.08. The van der Waals surface area contributed by atoms with Crippen LogP contribution in [-0.2, 0) is 11.3 Å². The maximum absolute atomic E-state index is 10.6. The summed E-state index contributed by atoms with van der Waals surface area (Å²) in [6.07, 6.45) is 1.74. The number of carbonyl (C=O) groups excluding carboxylic acids is 1. The summed E-state index contributed by atoms with van der Waals surface area (Å²) in [7, 11) is 0. The second-order valence-corrected chi connectivity index (χ2v) is 4.04. The number of nitrogens with two attached hydrogens (primary N) is 1. The molecule has 1 heterocycles. The van der Waals surface area contributed by atoms with E-state index in [1.165, 1.54) is 4.68 Å². The number of nitrogens with one attached hydrogen (secondary N) is 1. The van der Waals surface area contributed by atoms with Crippen LogP contribution in [0, 0.1) is 5.92 Å². The fraction of sp³-hybridized carbons (Fsp3) is 0.600. The molecule has 1 aromatic rings. The lowest BCUT2D eigenvalue weighted by molar-refractivity contribution is -0.118. The summed E-state index contributed by atoms with van der Waals surface area (Å²) in [6.45, 7) is 6.49. The third-order valence-corrected chi connectivity index (χ3v) is 2.33. The van der Waals surface area contributed by atoms with Gasteiger partial charge in [-0.1, -0.05) is 13.8 Å². The topological polar surface area (TPSA) is 72.9 Å². The van der Waals surface area contributed by atoms with Gasteiger partial charge in [-0.3, -0.25) is 9.48 Å². The first-order valence-corrected chi connectivity index (χ1v) is 5.07. The van der Waals surface area contributed by atoms with Gasteiger partial charge in [-0.25, -0.2) is 0 Å². The largest absolute Gasteiger partial charge is 0.368 e. The Kier molecular flexibility index (Phi) is 3.71. The van der Waals surface area contributed by atoms with Crippen LogP contribution in [0.5, 0.6) is 0 Å². The molecule has 1 rings (SSSR count). The number of rotatable bonds is 5. The molecule has 0 spiro atoms. The third-order valence-electron chi connectivity index (χ3n) is 2.33. The Balaban J connectivity index is 2.56. The molecule has 0 saturated heterocycles. The average Bonchev–Trinajstić information content (AvgIpc) is 2.51. The van der Waals surface area contributed by atoms with Crippen LogP contribution in [0.1, 0.15) is 20.8 Å². The Morgan fingerprint density at radius 2 is 2.27 bits per heavy atom. The van der Waals surface area contributed by atoms with E-state index in [2.05, 4.69) is 31.2 Å². The van der Waals surface area contributed by atoms with Gasteiger partial charge in [0.15, 0.2) is 0 Å². The number of primary amides is 1. The van der Waals surface area contributed by atoms with Gasteiger partial charge in [0.25, 0.3) is 0 Å². The van der Waals surface area contributed by atoms with Gasteiger partial charge in [0.05, 0.1) is 0 Å². The number of hydrogen-bond donors (Lipinski definition) is 2. The monoisotopic (exact) mass is 210 g/mol. The van der Waals surface area contributed by atoms with Crippen LogP contribution in [0.2, 0.25) is 0 Å². The molecule has 1 amide bonds. The molecule has 0 fully saturated rings. The number of anilines is 1. The van der Waals surface area contributed by atoms with Crippen molar-refractivity contribution in [1.29, 1.82) is 0 Å². The molecule has 1 aromatic heterocycles. The molecule has 0 aromatic carbocycles. The molecule has 3 N–H and O–H groups in total. The lowest BCUT2D eigenvalue weighted by atomic mass is 10.1. The molecule has 0 radical (unpaired) electrons. The Morgan fingerprint density at radius 3 is 2.80 bits per heavy atom. The van der Waals surface area contributed by atoms with Gasteiger partial charge in [-0.05, 0) is 12.8 Å². The zero-order chi connectivity index (χ0) is 11.4. The van der Waals surface area contributed by atoms with Crippen LogP contribution in [0.4, 0.5) is 5.82 Å². The Labute approximate surface area is 89.6 Å². The predicted molar refractivity (Wildman–Crippen MR) is 59.3 cm³/mol. The van der Waals surface area contributed by atoms with E-state index >= 15 is 0 Å². The van der Waals surface area contributed by atoms with E-state index in [4.69, 9.17) is 5.73 Å². The highest BCUT2D eigenvalue weighted by atomic mass is 16.1. The molecular weight excluding hydrogens is 192 g/mol. The predicted octanol–water partition coefficient (Wildman–Crippen LogP) is 0.825. The average molecular weight is 210 g/mol. The Bertz CT molecular complexity index is 332. The summed E-state index contributed by atoms with van der Waals surface area (Å²) >= 11 is 0. The molecule has 0 aliphatic rings. The summed E-state index contributed by atoms with van der Waals surface area (Å²) in [6, 6.07) is 2.18. The van der Waals surface area contributed by atoms with E-state index in [9.17, 15) is 4.79 Å². The quantitative estimate of drug-likeness (QED) is 0.755. The first-order chi connectivity index (χ1) is 6.99. The fourth-order valence-electron chi connectivity index (χ4n) is 1.09. The maximum Gasteiger partial charge on any atom is 0.239 e. The second kappa shape index (κ2) is 4.82. The zero-order valence-electron chi connectivity index (χ0n) is 9.40. The maximum atomic E-state index is 10.6. The molecule has 0 bridgehead atoms. The highest BCUT2D eigenvalue weighted by Crippen LogP contribution is 2.09. The molecule has 15 heavy (non-hydrogen) atoms. The van der Waals surface area contributed by atoms with Gasteiger partial charge in [0, 0.05) is 18.3 Å². The molecule has 84 valence electrons. The molecule has 1 unspecified atom stereocenters. The first kappa shape index (κ1) is 11.6. The minimum atomic E-state index is -0.387. The normalized spacial score (nSPS) is 12.8. The fourth-order valence-corrected chi connectivity index (χ4v) is 1.09. The Morgan fingerprint density at radius 1 is 1.60 bits per heavy atom. The van der Waals surface area contributed by atoms with Crippen molar-refractivity contribution in [3.05, 3.63) is 12.3 Å². The Hall–Kier alpha value is -1.52. The van der Waals surface area contributed by atoms with E-state index in [0.29, 0.717) is 12.0 Å². The molecule has 5 heteroatoms. The third kappa shape index (κ3) is 3.61. The second-order valence-electron chi connectivity index (χ2n) is 4.04. The summed E-state index contributed by atoms with van der Waals surface area (Å²) in [4.78, 5) is 10.6. The first-order valence-electron chi connectivity index (χ1n) is 5.07. The smallest absolute Gasteiger partial charge is 0.239 e. The van der Waals surface area contributed by atoms with Crippen LogP contribution in [0.15, 0.2) is 12.3 Å². The van der Waals surface area contributed by atoms with Crippen LogP contribution in [0.25, 0.3) is 0 Å². The number of aromatic nitrogens is 2.